The van der Waals surface area contributed by atoms with E-state index in [2.05, 4.69) is 56.2 Å². The van der Waals surface area contributed by atoms with Crippen molar-refractivity contribution in [3.63, 3.8) is 0 Å². The SMILES string of the molecule is Cc1ccc(C(C)NC(=O)c2ccc(Br)cc2Br)s1. The monoisotopic (exact) mass is 401 g/mol. The molecule has 1 aromatic carbocycles. The van der Waals surface area contributed by atoms with E-state index in [0.717, 1.165) is 8.95 Å². The minimum Gasteiger partial charge on any atom is -0.345 e. The number of hydrogen-bond acceptors (Lipinski definition) is 2. The van der Waals surface area contributed by atoms with Gasteiger partial charge in [0.15, 0.2) is 0 Å². The highest BCUT2D eigenvalue weighted by Crippen LogP contribution is 2.25. The summed E-state index contributed by atoms with van der Waals surface area (Å²) in [5.41, 5.74) is 0.642. The molecule has 19 heavy (non-hydrogen) atoms. The number of nitrogens with one attached hydrogen (secondary N) is 1. The van der Waals surface area contributed by atoms with Crippen LogP contribution in [0.25, 0.3) is 0 Å². The van der Waals surface area contributed by atoms with Crippen LogP contribution in [0, 0.1) is 6.92 Å². The van der Waals surface area contributed by atoms with Gasteiger partial charge < -0.3 is 5.32 Å². The lowest BCUT2D eigenvalue weighted by Gasteiger charge is -2.13. The van der Waals surface area contributed by atoms with Crippen molar-refractivity contribution in [1.29, 1.82) is 0 Å². The second-order valence-electron chi connectivity index (χ2n) is 4.27. The van der Waals surface area contributed by atoms with E-state index in [1.807, 2.05) is 19.1 Å². The minimum absolute atomic E-state index is 0.0155. The van der Waals surface area contributed by atoms with Crippen LogP contribution in [0.1, 0.15) is 33.1 Å². The Balaban J connectivity index is 2.12. The lowest BCUT2D eigenvalue weighted by atomic mass is 10.2. The van der Waals surface area contributed by atoms with Crippen LogP contribution in [0.5, 0.6) is 0 Å². The zero-order valence-electron chi connectivity index (χ0n) is 10.5. The van der Waals surface area contributed by atoms with Gasteiger partial charge in [0.1, 0.15) is 0 Å². The fraction of sp³-hybridized carbons (Fsp3) is 0.214. The molecule has 0 bridgehead atoms. The summed E-state index contributed by atoms with van der Waals surface area (Å²) in [7, 11) is 0. The van der Waals surface area contributed by atoms with Crippen LogP contribution in [0.4, 0.5) is 0 Å². The highest BCUT2D eigenvalue weighted by Gasteiger charge is 2.15. The first-order valence-corrected chi connectivity index (χ1v) is 8.20. The molecule has 1 heterocycles. The molecule has 1 unspecified atom stereocenters. The fourth-order valence-corrected chi connectivity index (χ4v) is 3.81. The third kappa shape index (κ3) is 3.68. The van der Waals surface area contributed by atoms with Gasteiger partial charge in [-0.2, -0.15) is 0 Å². The van der Waals surface area contributed by atoms with Crippen LogP contribution >= 0.6 is 43.2 Å². The smallest absolute Gasteiger partial charge is 0.252 e. The molecule has 2 aromatic rings. The van der Waals surface area contributed by atoms with Crippen molar-refractivity contribution in [3.05, 3.63) is 54.6 Å². The van der Waals surface area contributed by atoms with E-state index < -0.39 is 0 Å². The Bertz CT molecular complexity index is 609. The third-order valence-corrected chi connectivity index (χ3v) is 5.04. The molecule has 2 rings (SSSR count). The first-order chi connectivity index (χ1) is 8.97. The first-order valence-electron chi connectivity index (χ1n) is 5.79. The molecule has 1 aromatic heterocycles. The molecule has 1 amide bonds. The number of benzene rings is 1. The number of carbonyl (C=O) groups excluding carboxylic acids is 1. The summed E-state index contributed by atoms with van der Waals surface area (Å²) in [5.74, 6) is -0.0714. The Morgan fingerprint density at radius 3 is 2.58 bits per heavy atom. The van der Waals surface area contributed by atoms with Crippen LogP contribution in [-0.2, 0) is 0 Å². The lowest BCUT2D eigenvalue weighted by Crippen LogP contribution is -2.26. The van der Waals surface area contributed by atoms with Crippen molar-refractivity contribution >= 4 is 49.1 Å². The Morgan fingerprint density at radius 1 is 1.26 bits per heavy atom. The Morgan fingerprint density at radius 2 is 2.00 bits per heavy atom. The van der Waals surface area contributed by atoms with E-state index >= 15 is 0 Å². The lowest BCUT2D eigenvalue weighted by molar-refractivity contribution is 0.0939. The number of halogens is 2. The maximum Gasteiger partial charge on any atom is 0.252 e. The second kappa shape index (κ2) is 6.20. The van der Waals surface area contributed by atoms with Gasteiger partial charge in [-0.3, -0.25) is 4.79 Å². The van der Waals surface area contributed by atoms with Crippen molar-refractivity contribution in [2.24, 2.45) is 0 Å². The number of amides is 1. The van der Waals surface area contributed by atoms with Gasteiger partial charge in [-0.05, 0) is 60.1 Å². The van der Waals surface area contributed by atoms with E-state index in [1.165, 1.54) is 9.75 Å². The molecule has 1 atom stereocenters. The molecule has 0 aliphatic rings. The Kier molecular flexibility index (Phi) is 4.81. The van der Waals surface area contributed by atoms with Gasteiger partial charge in [0.05, 0.1) is 11.6 Å². The van der Waals surface area contributed by atoms with Gasteiger partial charge in [-0.25, -0.2) is 0 Å². The molecular formula is C14H13Br2NOS. The van der Waals surface area contributed by atoms with Gasteiger partial charge in [-0.1, -0.05) is 15.9 Å². The predicted octanol–water partition coefficient (Wildman–Crippen LogP) is 5.07. The van der Waals surface area contributed by atoms with Crippen molar-refractivity contribution in [3.8, 4) is 0 Å². The van der Waals surface area contributed by atoms with Crippen LogP contribution in [0.15, 0.2) is 39.3 Å². The van der Waals surface area contributed by atoms with Crippen LogP contribution in [0.2, 0.25) is 0 Å². The maximum atomic E-state index is 12.2. The molecular weight excluding hydrogens is 390 g/mol. The van der Waals surface area contributed by atoms with Crippen LogP contribution in [0.3, 0.4) is 0 Å². The van der Waals surface area contributed by atoms with Gasteiger partial charge in [-0.15, -0.1) is 11.3 Å². The number of hydrogen-bond donors (Lipinski definition) is 1. The highest BCUT2D eigenvalue weighted by atomic mass is 79.9. The summed E-state index contributed by atoms with van der Waals surface area (Å²) >= 11 is 8.49. The normalized spacial score (nSPS) is 12.2. The Labute approximate surface area is 133 Å². The molecule has 0 spiro atoms. The summed E-state index contributed by atoms with van der Waals surface area (Å²) in [6, 6.07) is 9.67. The van der Waals surface area contributed by atoms with Crippen LogP contribution in [-0.4, -0.2) is 5.91 Å². The average molecular weight is 403 g/mol. The summed E-state index contributed by atoms with van der Waals surface area (Å²) in [4.78, 5) is 14.6. The molecule has 5 heteroatoms. The predicted molar refractivity (Wildman–Crippen MR) is 86.8 cm³/mol. The largest absolute Gasteiger partial charge is 0.345 e. The standard InChI is InChI=1S/C14H13Br2NOS/c1-8-3-6-13(19-8)9(2)17-14(18)11-5-4-10(15)7-12(11)16/h3-7,9H,1-2H3,(H,17,18). The molecule has 0 fully saturated rings. The van der Waals surface area contributed by atoms with Crippen molar-refractivity contribution in [2.75, 3.05) is 0 Å². The average Bonchev–Trinajstić information content (AvgIpc) is 2.75. The fourth-order valence-electron chi connectivity index (χ4n) is 1.71. The topological polar surface area (TPSA) is 29.1 Å². The summed E-state index contributed by atoms with van der Waals surface area (Å²) < 4.78 is 1.73. The first kappa shape index (κ1) is 14.8. The van der Waals surface area contributed by atoms with E-state index in [-0.39, 0.29) is 11.9 Å². The maximum absolute atomic E-state index is 12.2. The van der Waals surface area contributed by atoms with Crippen LogP contribution < -0.4 is 5.32 Å². The summed E-state index contributed by atoms with van der Waals surface area (Å²) in [5, 5.41) is 3.01. The summed E-state index contributed by atoms with van der Waals surface area (Å²) in [6.45, 7) is 4.06. The summed E-state index contributed by atoms with van der Waals surface area (Å²) in [6.07, 6.45) is 0. The molecule has 0 saturated heterocycles. The van der Waals surface area contributed by atoms with E-state index in [4.69, 9.17) is 0 Å². The van der Waals surface area contributed by atoms with E-state index in [1.54, 1.807) is 17.4 Å². The van der Waals surface area contributed by atoms with Gasteiger partial charge >= 0.3 is 0 Å². The number of thiophene rings is 1. The zero-order valence-corrected chi connectivity index (χ0v) is 14.5. The number of rotatable bonds is 3. The Hall–Kier alpha value is -0.650. The molecule has 0 radical (unpaired) electrons. The van der Waals surface area contributed by atoms with Gasteiger partial charge in [0.2, 0.25) is 0 Å². The van der Waals surface area contributed by atoms with E-state index in [9.17, 15) is 4.79 Å². The van der Waals surface area contributed by atoms with E-state index in [0.29, 0.717) is 5.56 Å². The highest BCUT2D eigenvalue weighted by molar-refractivity contribution is 9.11. The number of aryl methyl sites for hydroxylation is 1. The second-order valence-corrected chi connectivity index (χ2v) is 7.36. The third-order valence-electron chi connectivity index (χ3n) is 2.71. The molecule has 0 aliphatic carbocycles. The minimum atomic E-state index is -0.0714. The van der Waals surface area contributed by atoms with Gasteiger partial charge in [0, 0.05) is 18.7 Å². The molecule has 100 valence electrons. The molecule has 1 N–H and O–H groups in total. The van der Waals surface area contributed by atoms with Crippen molar-refractivity contribution in [2.45, 2.75) is 19.9 Å². The molecule has 0 aliphatic heterocycles. The quantitative estimate of drug-likeness (QED) is 0.762. The van der Waals surface area contributed by atoms with Gasteiger partial charge in [0.25, 0.3) is 5.91 Å². The zero-order chi connectivity index (χ0) is 14.0. The molecule has 2 nitrogen and oxygen atoms in total. The van der Waals surface area contributed by atoms with Crippen molar-refractivity contribution in [1.82, 2.24) is 5.32 Å². The van der Waals surface area contributed by atoms with Crippen molar-refractivity contribution < 1.29 is 4.79 Å². The number of carbonyl (C=O) groups is 1. The molecule has 0 saturated carbocycles.